The second-order valence-electron chi connectivity index (χ2n) is 7.12. The van der Waals surface area contributed by atoms with Crippen LogP contribution in [0.15, 0.2) is 29.3 Å². The van der Waals surface area contributed by atoms with Crippen molar-refractivity contribution in [2.24, 2.45) is 4.99 Å². The number of rotatable bonds is 7. The normalized spacial score (nSPS) is 18.0. The van der Waals surface area contributed by atoms with Crippen LogP contribution < -0.4 is 10.6 Å². The highest BCUT2D eigenvalue weighted by atomic mass is 16.2. The number of carbonyl (C=O) groups is 1. The van der Waals surface area contributed by atoms with Crippen molar-refractivity contribution in [2.45, 2.75) is 38.8 Å². The summed E-state index contributed by atoms with van der Waals surface area (Å²) in [5.74, 6) is 1.04. The quantitative estimate of drug-likeness (QED) is 0.441. The van der Waals surface area contributed by atoms with Gasteiger partial charge in [0.1, 0.15) is 0 Å². The number of nitrogens with zero attached hydrogens (tertiary/aromatic N) is 3. The molecule has 144 valence electrons. The molecule has 1 heterocycles. The van der Waals surface area contributed by atoms with E-state index >= 15 is 0 Å². The summed E-state index contributed by atoms with van der Waals surface area (Å²) in [6.07, 6.45) is 3.07. The van der Waals surface area contributed by atoms with Crippen LogP contribution in [0.2, 0.25) is 0 Å². The Morgan fingerprint density at radius 1 is 1.35 bits per heavy atom. The van der Waals surface area contributed by atoms with Crippen LogP contribution in [0.1, 0.15) is 30.4 Å². The average molecular weight is 360 g/mol. The fourth-order valence-corrected chi connectivity index (χ4v) is 3.39. The lowest BCUT2D eigenvalue weighted by atomic mass is 10.1. The van der Waals surface area contributed by atoms with Gasteiger partial charge in [0.2, 0.25) is 5.91 Å². The lowest BCUT2D eigenvalue weighted by Crippen LogP contribution is -2.44. The Morgan fingerprint density at radius 3 is 2.85 bits per heavy atom. The van der Waals surface area contributed by atoms with Crippen molar-refractivity contribution >= 4 is 11.9 Å². The lowest BCUT2D eigenvalue weighted by Gasteiger charge is -2.26. The number of likely N-dealkylation sites (tertiary alicyclic amines) is 1. The summed E-state index contributed by atoms with van der Waals surface area (Å²) in [6, 6.07) is 8.52. The van der Waals surface area contributed by atoms with Crippen LogP contribution in [-0.2, 0) is 11.3 Å². The minimum Gasteiger partial charge on any atom is -0.356 e. The van der Waals surface area contributed by atoms with Crippen molar-refractivity contribution < 1.29 is 4.79 Å². The van der Waals surface area contributed by atoms with Gasteiger partial charge in [-0.2, -0.15) is 0 Å². The zero-order chi connectivity index (χ0) is 18.9. The van der Waals surface area contributed by atoms with Gasteiger partial charge in [-0.05, 0) is 38.3 Å². The van der Waals surface area contributed by atoms with Gasteiger partial charge < -0.3 is 15.5 Å². The van der Waals surface area contributed by atoms with Gasteiger partial charge in [-0.3, -0.25) is 14.7 Å². The third-order valence-corrected chi connectivity index (χ3v) is 4.77. The number of benzene rings is 1. The number of guanidine groups is 1. The SMILES string of the molecule is CN=C(NCCCN1CCCC1C(=O)N(C)C)NCc1cccc(C)c1. The molecule has 0 aliphatic carbocycles. The molecule has 1 saturated heterocycles. The zero-order valence-electron chi connectivity index (χ0n) is 16.6. The zero-order valence-corrected chi connectivity index (χ0v) is 16.6. The molecule has 0 saturated carbocycles. The van der Waals surface area contributed by atoms with E-state index in [9.17, 15) is 4.79 Å². The molecule has 2 N–H and O–H groups in total. The summed E-state index contributed by atoms with van der Waals surface area (Å²) in [7, 11) is 5.46. The summed E-state index contributed by atoms with van der Waals surface area (Å²) >= 11 is 0. The highest BCUT2D eigenvalue weighted by Crippen LogP contribution is 2.18. The Kier molecular flexibility index (Phi) is 7.91. The molecule has 1 aromatic carbocycles. The third kappa shape index (κ3) is 6.02. The Hall–Kier alpha value is -2.08. The molecular formula is C20H33N5O. The lowest BCUT2D eigenvalue weighted by molar-refractivity contribution is -0.133. The largest absolute Gasteiger partial charge is 0.356 e. The van der Waals surface area contributed by atoms with E-state index in [-0.39, 0.29) is 11.9 Å². The number of carbonyl (C=O) groups excluding carboxylic acids is 1. The fourth-order valence-electron chi connectivity index (χ4n) is 3.39. The summed E-state index contributed by atoms with van der Waals surface area (Å²) in [5.41, 5.74) is 2.51. The summed E-state index contributed by atoms with van der Waals surface area (Å²) in [6.45, 7) is 5.65. The fraction of sp³-hybridized carbons (Fsp3) is 0.600. The topological polar surface area (TPSA) is 60.0 Å². The first-order valence-corrected chi connectivity index (χ1v) is 9.46. The van der Waals surface area contributed by atoms with Crippen LogP contribution in [0.4, 0.5) is 0 Å². The number of amides is 1. The molecule has 1 fully saturated rings. The maximum atomic E-state index is 12.2. The number of aryl methyl sites for hydroxylation is 1. The Labute approximate surface area is 157 Å². The van der Waals surface area contributed by atoms with E-state index in [2.05, 4.69) is 51.7 Å². The third-order valence-electron chi connectivity index (χ3n) is 4.77. The first-order chi connectivity index (χ1) is 12.5. The van der Waals surface area contributed by atoms with Crippen molar-refractivity contribution in [3.63, 3.8) is 0 Å². The number of aliphatic imine (C=N–C) groups is 1. The standard InChI is InChI=1S/C20H33N5O/c1-16-8-5-9-17(14-16)15-23-20(21-2)22-11-7-13-25-12-6-10-18(25)19(26)24(3)4/h5,8-9,14,18H,6-7,10-13,15H2,1-4H3,(H2,21,22,23). The highest BCUT2D eigenvalue weighted by molar-refractivity contribution is 5.81. The van der Waals surface area contributed by atoms with Gasteiger partial charge in [-0.25, -0.2) is 0 Å². The number of hydrogen-bond donors (Lipinski definition) is 2. The number of likely N-dealkylation sites (N-methyl/N-ethyl adjacent to an activating group) is 1. The van der Waals surface area contributed by atoms with E-state index in [1.807, 2.05) is 14.1 Å². The van der Waals surface area contributed by atoms with Crippen LogP contribution in [-0.4, -0.2) is 68.5 Å². The van der Waals surface area contributed by atoms with Crippen LogP contribution in [0.5, 0.6) is 0 Å². The molecule has 6 nitrogen and oxygen atoms in total. The second kappa shape index (κ2) is 10.2. The molecule has 6 heteroatoms. The van der Waals surface area contributed by atoms with Gasteiger partial charge in [0.15, 0.2) is 5.96 Å². The first-order valence-electron chi connectivity index (χ1n) is 9.46. The second-order valence-corrected chi connectivity index (χ2v) is 7.12. The summed E-state index contributed by atoms with van der Waals surface area (Å²) in [4.78, 5) is 20.5. The first kappa shape index (κ1) is 20.2. The predicted octanol–water partition coefficient (Wildman–Crippen LogP) is 1.60. The van der Waals surface area contributed by atoms with Crippen molar-refractivity contribution in [2.75, 3.05) is 40.8 Å². The van der Waals surface area contributed by atoms with E-state index in [1.165, 1.54) is 11.1 Å². The number of nitrogens with one attached hydrogen (secondary N) is 2. The van der Waals surface area contributed by atoms with Crippen LogP contribution in [0, 0.1) is 6.92 Å². The van der Waals surface area contributed by atoms with Gasteiger partial charge in [-0.15, -0.1) is 0 Å². The Balaban J connectivity index is 1.70. The molecule has 0 bridgehead atoms. The molecule has 1 aromatic rings. The van der Waals surface area contributed by atoms with Gasteiger partial charge >= 0.3 is 0 Å². The Morgan fingerprint density at radius 2 is 2.15 bits per heavy atom. The molecule has 2 rings (SSSR count). The van der Waals surface area contributed by atoms with E-state index < -0.39 is 0 Å². The minimum absolute atomic E-state index is 0.0590. The molecule has 1 unspecified atom stereocenters. The molecule has 0 spiro atoms. The molecule has 1 amide bonds. The van der Waals surface area contributed by atoms with Crippen molar-refractivity contribution in [3.05, 3.63) is 35.4 Å². The highest BCUT2D eigenvalue weighted by Gasteiger charge is 2.30. The Bertz CT molecular complexity index is 614. The number of hydrogen-bond acceptors (Lipinski definition) is 3. The van der Waals surface area contributed by atoms with Gasteiger partial charge in [0, 0.05) is 40.8 Å². The van der Waals surface area contributed by atoms with Crippen molar-refractivity contribution in [3.8, 4) is 0 Å². The monoisotopic (exact) mass is 359 g/mol. The summed E-state index contributed by atoms with van der Waals surface area (Å²) in [5, 5.41) is 6.71. The van der Waals surface area contributed by atoms with Gasteiger partial charge in [0.25, 0.3) is 0 Å². The van der Waals surface area contributed by atoms with E-state index in [1.54, 1.807) is 11.9 Å². The molecule has 1 atom stereocenters. The van der Waals surface area contributed by atoms with E-state index in [0.29, 0.717) is 0 Å². The molecule has 0 aromatic heterocycles. The molecule has 0 radical (unpaired) electrons. The van der Waals surface area contributed by atoms with Crippen LogP contribution in [0.25, 0.3) is 0 Å². The van der Waals surface area contributed by atoms with Crippen LogP contribution >= 0.6 is 0 Å². The van der Waals surface area contributed by atoms with Gasteiger partial charge in [0.05, 0.1) is 6.04 Å². The smallest absolute Gasteiger partial charge is 0.239 e. The minimum atomic E-state index is 0.0590. The van der Waals surface area contributed by atoms with Gasteiger partial charge in [-0.1, -0.05) is 29.8 Å². The van der Waals surface area contributed by atoms with E-state index in [0.717, 1.165) is 51.4 Å². The average Bonchev–Trinajstić information content (AvgIpc) is 3.08. The maximum Gasteiger partial charge on any atom is 0.239 e. The molecule has 26 heavy (non-hydrogen) atoms. The van der Waals surface area contributed by atoms with Crippen molar-refractivity contribution in [1.82, 2.24) is 20.4 Å². The molecule has 1 aliphatic rings. The predicted molar refractivity (Wildman–Crippen MR) is 107 cm³/mol. The summed E-state index contributed by atoms with van der Waals surface area (Å²) < 4.78 is 0. The van der Waals surface area contributed by atoms with Crippen molar-refractivity contribution in [1.29, 1.82) is 0 Å². The molecular weight excluding hydrogens is 326 g/mol. The van der Waals surface area contributed by atoms with E-state index in [4.69, 9.17) is 0 Å². The van der Waals surface area contributed by atoms with Crippen LogP contribution in [0.3, 0.4) is 0 Å². The maximum absolute atomic E-state index is 12.2. The molecule has 1 aliphatic heterocycles.